The highest BCUT2D eigenvalue weighted by atomic mass is 35.5. The Hall–Kier alpha value is -2.70. The average molecular weight is 491 g/mol. The van der Waals surface area contributed by atoms with Gasteiger partial charge in [-0.05, 0) is 44.5 Å². The number of halogens is 4. The first-order valence-corrected chi connectivity index (χ1v) is 10.9. The molecule has 0 saturated heterocycles. The van der Waals surface area contributed by atoms with E-state index in [4.69, 9.17) is 16.3 Å². The number of aromatic nitrogens is 3. The Morgan fingerprint density at radius 1 is 1.16 bits per heavy atom. The SMILES string of the molecule is CC(C)(C)OC(=O)n1cnc2cc(S(=O)(=O)N[C@H](c3ccc(Cl)cc3)C(F)(F)F)cnc21. The van der Waals surface area contributed by atoms with Gasteiger partial charge in [-0.3, -0.25) is 0 Å². The van der Waals surface area contributed by atoms with Crippen LogP contribution in [0.1, 0.15) is 32.4 Å². The van der Waals surface area contributed by atoms with Gasteiger partial charge in [-0.15, -0.1) is 0 Å². The molecule has 3 aromatic rings. The van der Waals surface area contributed by atoms with Crippen molar-refractivity contribution in [3.63, 3.8) is 0 Å². The number of sulfonamides is 1. The van der Waals surface area contributed by atoms with Crippen LogP contribution in [0.5, 0.6) is 0 Å². The van der Waals surface area contributed by atoms with Crippen LogP contribution in [0.25, 0.3) is 11.2 Å². The van der Waals surface area contributed by atoms with E-state index in [9.17, 15) is 26.4 Å². The van der Waals surface area contributed by atoms with Crippen molar-refractivity contribution < 1.29 is 31.1 Å². The van der Waals surface area contributed by atoms with Crippen molar-refractivity contribution >= 4 is 38.9 Å². The minimum atomic E-state index is -4.92. The Morgan fingerprint density at radius 3 is 2.34 bits per heavy atom. The molecule has 0 spiro atoms. The van der Waals surface area contributed by atoms with Crippen molar-refractivity contribution in [1.82, 2.24) is 19.3 Å². The molecule has 172 valence electrons. The van der Waals surface area contributed by atoms with Gasteiger partial charge < -0.3 is 4.74 Å². The van der Waals surface area contributed by atoms with Crippen LogP contribution in [-0.4, -0.2) is 40.8 Å². The number of alkyl halides is 3. The number of rotatable bonds is 4. The molecule has 2 heterocycles. The van der Waals surface area contributed by atoms with Gasteiger partial charge in [0.25, 0.3) is 0 Å². The van der Waals surface area contributed by atoms with Gasteiger partial charge in [-0.25, -0.2) is 27.7 Å². The summed E-state index contributed by atoms with van der Waals surface area (Å²) in [5.41, 5.74) is -1.17. The number of hydrogen-bond donors (Lipinski definition) is 1. The van der Waals surface area contributed by atoms with Crippen LogP contribution in [0.15, 0.2) is 47.8 Å². The van der Waals surface area contributed by atoms with Gasteiger partial charge in [0.05, 0.1) is 0 Å². The van der Waals surface area contributed by atoms with Crippen LogP contribution in [0.3, 0.4) is 0 Å². The molecule has 1 atom stereocenters. The van der Waals surface area contributed by atoms with Crippen LogP contribution < -0.4 is 4.72 Å². The van der Waals surface area contributed by atoms with Gasteiger partial charge in [0.15, 0.2) is 5.65 Å². The fourth-order valence-corrected chi connectivity index (χ4v) is 3.98. The standard InChI is InChI=1S/C19H18ClF3N4O4S/c1-18(2,3)31-17(28)27-10-25-14-8-13(9-24-16(14)27)32(29,30)26-15(19(21,22)23)11-4-6-12(20)7-5-11/h4-10,15,26H,1-3H3/t15-/m1/s1. The number of imidazole rings is 1. The highest BCUT2D eigenvalue weighted by molar-refractivity contribution is 7.89. The lowest BCUT2D eigenvalue weighted by Crippen LogP contribution is -2.38. The molecule has 0 unspecified atom stereocenters. The summed E-state index contributed by atoms with van der Waals surface area (Å²) >= 11 is 5.70. The van der Waals surface area contributed by atoms with E-state index in [0.29, 0.717) is 0 Å². The van der Waals surface area contributed by atoms with Gasteiger partial charge >= 0.3 is 12.3 Å². The summed E-state index contributed by atoms with van der Waals surface area (Å²) in [5, 5.41) is 0.202. The van der Waals surface area contributed by atoms with E-state index >= 15 is 0 Å². The van der Waals surface area contributed by atoms with Crippen LogP contribution in [0.2, 0.25) is 5.02 Å². The Morgan fingerprint density at radius 2 is 1.78 bits per heavy atom. The first kappa shape index (κ1) is 24.0. The molecular weight excluding hydrogens is 473 g/mol. The molecule has 0 bridgehead atoms. The van der Waals surface area contributed by atoms with Gasteiger partial charge in [0, 0.05) is 11.2 Å². The maximum Gasteiger partial charge on any atom is 0.421 e. The maximum absolute atomic E-state index is 13.6. The zero-order chi connectivity index (χ0) is 23.9. The first-order chi connectivity index (χ1) is 14.7. The topological polar surface area (TPSA) is 103 Å². The third kappa shape index (κ3) is 5.37. The van der Waals surface area contributed by atoms with E-state index in [0.717, 1.165) is 35.3 Å². The van der Waals surface area contributed by atoms with E-state index in [1.165, 1.54) is 12.1 Å². The van der Waals surface area contributed by atoms with Crippen molar-refractivity contribution in [2.45, 2.75) is 43.5 Å². The highest BCUT2D eigenvalue weighted by Crippen LogP contribution is 2.34. The molecule has 8 nitrogen and oxygen atoms in total. The number of benzene rings is 1. The molecular formula is C19H18ClF3N4O4S. The number of hydrogen-bond acceptors (Lipinski definition) is 6. The summed E-state index contributed by atoms with van der Waals surface area (Å²) < 4.78 is 74.0. The Bertz CT molecular complexity index is 1250. The van der Waals surface area contributed by atoms with Crippen LogP contribution >= 0.6 is 11.6 Å². The fourth-order valence-electron chi connectivity index (χ4n) is 2.68. The van der Waals surface area contributed by atoms with Gasteiger partial charge in [-0.1, -0.05) is 23.7 Å². The maximum atomic E-state index is 13.6. The third-order valence-electron chi connectivity index (χ3n) is 4.07. The molecule has 0 saturated carbocycles. The van der Waals surface area contributed by atoms with Crippen molar-refractivity contribution in [3.8, 4) is 0 Å². The monoisotopic (exact) mass is 490 g/mol. The number of nitrogens with one attached hydrogen (secondary N) is 1. The van der Waals surface area contributed by atoms with Crippen LogP contribution in [0, 0.1) is 0 Å². The third-order valence-corrected chi connectivity index (χ3v) is 5.71. The molecule has 1 N–H and O–H groups in total. The summed E-state index contributed by atoms with van der Waals surface area (Å²) in [6.45, 7) is 4.97. The number of fused-ring (bicyclic) bond motifs is 1. The number of ether oxygens (including phenoxy) is 1. The number of pyridine rings is 1. The quantitative estimate of drug-likeness (QED) is 0.579. The van der Waals surface area contributed by atoms with E-state index in [-0.39, 0.29) is 21.7 Å². The summed E-state index contributed by atoms with van der Waals surface area (Å²) in [7, 11) is -4.66. The second kappa shape index (κ2) is 8.34. The average Bonchev–Trinajstić information content (AvgIpc) is 3.08. The van der Waals surface area contributed by atoms with E-state index in [1.54, 1.807) is 25.5 Å². The minimum absolute atomic E-state index is 0.0109. The van der Waals surface area contributed by atoms with E-state index < -0.39 is 38.8 Å². The molecule has 13 heteroatoms. The number of carbonyl (C=O) groups excluding carboxylic acids is 1. The van der Waals surface area contributed by atoms with Crippen LogP contribution in [0.4, 0.5) is 18.0 Å². The summed E-state index contributed by atoms with van der Waals surface area (Å²) in [4.78, 5) is 19.5. The smallest absolute Gasteiger partial charge is 0.421 e. The Kier molecular flexibility index (Phi) is 6.24. The fraction of sp³-hybridized carbons (Fsp3) is 0.316. The van der Waals surface area contributed by atoms with Crippen LogP contribution in [-0.2, 0) is 14.8 Å². The Labute approximate surface area is 186 Å². The van der Waals surface area contributed by atoms with E-state index in [2.05, 4.69) is 9.97 Å². The molecule has 0 aliphatic rings. The minimum Gasteiger partial charge on any atom is -0.443 e. The molecule has 0 aliphatic carbocycles. The first-order valence-electron chi connectivity index (χ1n) is 9.08. The van der Waals surface area contributed by atoms with Gasteiger partial charge in [-0.2, -0.15) is 17.9 Å². The summed E-state index contributed by atoms with van der Waals surface area (Å²) in [5.74, 6) is 0. The van der Waals surface area contributed by atoms with Gasteiger partial charge in [0.2, 0.25) is 10.0 Å². The largest absolute Gasteiger partial charge is 0.443 e. The van der Waals surface area contributed by atoms with E-state index in [1.807, 2.05) is 0 Å². The highest BCUT2D eigenvalue weighted by Gasteiger charge is 2.43. The van der Waals surface area contributed by atoms with Crippen molar-refractivity contribution in [1.29, 1.82) is 0 Å². The molecule has 0 radical (unpaired) electrons. The summed E-state index contributed by atoms with van der Waals surface area (Å²) in [6, 6.07) is 3.10. The predicted molar refractivity (Wildman–Crippen MR) is 110 cm³/mol. The summed E-state index contributed by atoms with van der Waals surface area (Å²) in [6.07, 6.45) is -3.79. The van der Waals surface area contributed by atoms with Crippen molar-refractivity contribution in [3.05, 3.63) is 53.4 Å². The number of nitrogens with zero attached hydrogens (tertiary/aromatic N) is 3. The lowest BCUT2D eigenvalue weighted by Gasteiger charge is -2.22. The number of carbonyl (C=O) groups is 1. The lowest BCUT2D eigenvalue weighted by molar-refractivity contribution is -0.153. The van der Waals surface area contributed by atoms with Crippen molar-refractivity contribution in [2.75, 3.05) is 0 Å². The lowest BCUT2D eigenvalue weighted by atomic mass is 10.1. The molecule has 2 aromatic heterocycles. The molecule has 1 aromatic carbocycles. The van der Waals surface area contributed by atoms with Crippen molar-refractivity contribution in [2.24, 2.45) is 0 Å². The molecule has 0 amide bonds. The van der Waals surface area contributed by atoms with Gasteiger partial charge in [0.1, 0.15) is 28.4 Å². The molecule has 0 fully saturated rings. The zero-order valence-electron chi connectivity index (χ0n) is 17.0. The Balaban J connectivity index is 1.94. The predicted octanol–water partition coefficient (Wildman–Crippen LogP) is 4.45. The molecule has 3 rings (SSSR count). The molecule has 0 aliphatic heterocycles. The second-order valence-corrected chi connectivity index (χ2v) is 9.91. The second-order valence-electron chi connectivity index (χ2n) is 7.76. The zero-order valence-corrected chi connectivity index (χ0v) is 18.6. The normalized spacial score (nSPS) is 13.8. The molecule has 32 heavy (non-hydrogen) atoms.